The number of halogens is 2. The summed E-state index contributed by atoms with van der Waals surface area (Å²) in [4.78, 5) is 4.26. The van der Waals surface area contributed by atoms with Crippen LogP contribution in [-0.4, -0.2) is 39.8 Å². The van der Waals surface area contributed by atoms with Crippen molar-refractivity contribution in [2.45, 2.75) is 24.7 Å². The van der Waals surface area contributed by atoms with Crippen LogP contribution in [-0.2, 0) is 10.2 Å². The number of nitrogens with one attached hydrogen (secondary N) is 2. The van der Waals surface area contributed by atoms with E-state index in [1.807, 2.05) is 0 Å². The molecule has 1 aromatic rings. The van der Waals surface area contributed by atoms with Crippen LogP contribution in [0.15, 0.2) is 33.7 Å². The van der Waals surface area contributed by atoms with Gasteiger partial charge in [-0.3, -0.25) is 4.99 Å². The first-order chi connectivity index (χ1) is 10.2. The molecule has 22 heavy (non-hydrogen) atoms. The SMILES string of the molecule is CN=C(NCCOC)NCC1(c2ccc(Br)cc2)CCC1.I. The van der Waals surface area contributed by atoms with E-state index in [0.717, 1.165) is 23.5 Å². The second-order valence-electron chi connectivity index (χ2n) is 5.49. The molecule has 0 heterocycles. The van der Waals surface area contributed by atoms with Crippen molar-refractivity contribution in [2.24, 2.45) is 4.99 Å². The van der Waals surface area contributed by atoms with Gasteiger partial charge in [0.2, 0.25) is 0 Å². The van der Waals surface area contributed by atoms with Crippen LogP contribution < -0.4 is 10.6 Å². The number of rotatable bonds is 6. The van der Waals surface area contributed by atoms with Crippen molar-refractivity contribution in [3.05, 3.63) is 34.3 Å². The van der Waals surface area contributed by atoms with Crippen LogP contribution in [0.3, 0.4) is 0 Å². The lowest BCUT2D eigenvalue weighted by Gasteiger charge is -2.43. The lowest BCUT2D eigenvalue weighted by Crippen LogP contribution is -2.49. The van der Waals surface area contributed by atoms with E-state index in [1.54, 1.807) is 14.2 Å². The molecule has 2 rings (SSSR count). The van der Waals surface area contributed by atoms with Crippen LogP contribution >= 0.6 is 39.9 Å². The first-order valence-electron chi connectivity index (χ1n) is 7.40. The predicted molar refractivity (Wildman–Crippen MR) is 106 cm³/mol. The Morgan fingerprint density at radius 1 is 1.27 bits per heavy atom. The Balaban J connectivity index is 0.00000242. The standard InChI is InChI=1S/C16H24BrN3O.HI/c1-18-15(19-10-11-21-2)20-12-16(8-3-9-16)13-4-6-14(17)7-5-13;/h4-7H,3,8-12H2,1-2H3,(H2,18,19,20);1H. The summed E-state index contributed by atoms with van der Waals surface area (Å²) in [5.74, 6) is 0.843. The molecule has 1 aromatic carbocycles. The quantitative estimate of drug-likeness (QED) is 0.283. The van der Waals surface area contributed by atoms with Gasteiger partial charge in [-0.25, -0.2) is 0 Å². The van der Waals surface area contributed by atoms with E-state index in [2.05, 4.69) is 55.8 Å². The van der Waals surface area contributed by atoms with Crippen LogP contribution in [0.5, 0.6) is 0 Å². The van der Waals surface area contributed by atoms with Crippen LogP contribution in [0, 0.1) is 0 Å². The van der Waals surface area contributed by atoms with E-state index in [-0.39, 0.29) is 29.4 Å². The third-order valence-corrected chi connectivity index (χ3v) is 4.71. The fourth-order valence-corrected chi connectivity index (χ4v) is 2.98. The number of benzene rings is 1. The van der Waals surface area contributed by atoms with Gasteiger partial charge in [0.1, 0.15) is 0 Å². The Kier molecular flexibility index (Phi) is 8.71. The average Bonchev–Trinajstić information content (AvgIpc) is 2.46. The minimum atomic E-state index is 0. The smallest absolute Gasteiger partial charge is 0.191 e. The zero-order valence-corrected chi connectivity index (χ0v) is 17.1. The maximum Gasteiger partial charge on any atom is 0.191 e. The molecular formula is C16H25BrIN3O. The van der Waals surface area contributed by atoms with Gasteiger partial charge in [-0.15, -0.1) is 24.0 Å². The molecule has 0 saturated heterocycles. The van der Waals surface area contributed by atoms with E-state index in [9.17, 15) is 0 Å². The highest BCUT2D eigenvalue weighted by Gasteiger charge is 2.38. The Morgan fingerprint density at radius 3 is 2.45 bits per heavy atom. The van der Waals surface area contributed by atoms with Crippen LogP contribution in [0.4, 0.5) is 0 Å². The second kappa shape index (κ2) is 9.72. The highest BCUT2D eigenvalue weighted by Crippen LogP contribution is 2.43. The van der Waals surface area contributed by atoms with Gasteiger partial charge in [-0.1, -0.05) is 34.5 Å². The molecule has 124 valence electrons. The summed E-state index contributed by atoms with van der Waals surface area (Å²) in [6, 6.07) is 8.71. The molecule has 6 heteroatoms. The number of guanidine groups is 1. The van der Waals surface area contributed by atoms with Gasteiger partial charge in [0.15, 0.2) is 5.96 Å². The third kappa shape index (κ3) is 5.09. The Bertz CT molecular complexity index is 475. The summed E-state index contributed by atoms with van der Waals surface area (Å²) in [6.07, 6.45) is 3.76. The van der Waals surface area contributed by atoms with Gasteiger partial charge in [0.05, 0.1) is 6.61 Å². The summed E-state index contributed by atoms with van der Waals surface area (Å²) in [5.41, 5.74) is 1.66. The van der Waals surface area contributed by atoms with Gasteiger partial charge >= 0.3 is 0 Å². The van der Waals surface area contributed by atoms with Gasteiger partial charge in [0.25, 0.3) is 0 Å². The van der Waals surface area contributed by atoms with Crippen LogP contribution in [0.1, 0.15) is 24.8 Å². The summed E-state index contributed by atoms with van der Waals surface area (Å²) >= 11 is 3.50. The predicted octanol–water partition coefficient (Wildman–Crippen LogP) is 3.30. The van der Waals surface area contributed by atoms with Crippen molar-refractivity contribution in [3.63, 3.8) is 0 Å². The molecule has 0 bridgehead atoms. The molecule has 0 unspecified atom stereocenters. The maximum absolute atomic E-state index is 5.05. The van der Waals surface area contributed by atoms with E-state index >= 15 is 0 Å². The summed E-state index contributed by atoms with van der Waals surface area (Å²) in [6.45, 7) is 2.36. The molecule has 1 saturated carbocycles. The molecule has 0 atom stereocenters. The molecule has 0 aliphatic heterocycles. The zero-order valence-electron chi connectivity index (χ0n) is 13.2. The van der Waals surface area contributed by atoms with Crippen LogP contribution in [0.2, 0.25) is 0 Å². The lowest BCUT2D eigenvalue weighted by atomic mass is 9.64. The lowest BCUT2D eigenvalue weighted by molar-refractivity contribution is 0.203. The monoisotopic (exact) mass is 481 g/mol. The van der Waals surface area contributed by atoms with Crippen molar-refractivity contribution in [1.29, 1.82) is 0 Å². The molecule has 0 aromatic heterocycles. The topological polar surface area (TPSA) is 45.7 Å². The van der Waals surface area contributed by atoms with Crippen molar-refractivity contribution < 1.29 is 4.74 Å². The Labute approximate surface area is 158 Å². The van der Waals surface area contributed by atoms with E-state index in [4.69, 9.17) is 4.74 Å². The molecule has 1 fully saturated rings. The molecule has 0 amide bonds. The molecule has 4 nitrogen and oxygen atoms in total. The molecule has 1 aliphatic carbocycles. The van der Waals surface area contributed by atoms with Crippen molar-refractivity contribution in [2.75, 3.05) is 33.9 Å². The van der Waals surface area contributed by atoms with E-state index < -0.39 is 0 Å². The zero-order chi connectivity index (χ0) is 15.1. The fraction of sp³-hybridized carbons (Fsp3) is 0.562. The molecule has 0 spiro atoms. The highest BCUT2D eigenvalue weighted by molar-refractivity contribution is 14.0. The van der Waals surface area contributed by atoms with E-state index in [0.29, 0.717) is 6.61 Å². The minimum absolute atomic E-state index is 0. The number of nitrogens with zero attached hydrogens (tertiary/aromatic N) is 1. The Morgan fingerprint density at radius 2 is 1.95 bits per heavy atom. The number of hydrogen-bond donors (Lipinski definition) is 2. The van der Waals surface area contributed by atoms with Crippen LogP contribution in [0.25, 0.3) is 0 Å². The second-order valence-corrected chi connectivity index (χ2v) is 6.40. The molecule has 0 radical (unpaired) electrons. The Hall–Kier alpha value is -0.340. The highest BCUT2D eigenvalue weighted by atomic mass is 127. The van der Waals surface area contributed by atoms with Gasteiger partial charge in [-0.2, -0.15) is 0 Å². The summed E-state index contributed by atoms with van der Waals surface area (Å²) < 4.78 is 6.18. The average molecular weight is 482 g/mol. The van der Waals surface area contributed by atoms with Crippen molar-refractivity contribution in [1.82, 2.24) is 10.6 Å². The fourth-order valence-electron chi connectivity index (χ4n) is 2.72. The molecule has 1 aliphatic rings. The van der Waals surface area contributed by atoms with Gasteiger partial charge in [0, 0.05) is 37.1 Å². The van der Waals surface area contributed by atoms with Crippen molar-refractivity contribution in [3.8, 4) is 0 Å². The number of ether oxygens (including phenoxy) is 1. The van der Waals surface area contributed by atoms with Crippen molar-refractivity contribution >= 4 is 45.9 Å². The molecule has 2 N–H and O–H groups in total. The number of methoxy groups -OCH3 is 1. The normalized spacial score (nSPS) is 16.4. The third-order valence-electron chi connectivity index (χ3n) is 4.18. The van der Waals surface area contributed by atoms with Gasteiger partial charge < -0.3 is 15.4 Å². The number of aliphatic imine (C=N–C) groups is 1. The number of hydrogen-bond acceptors (Lipinski definition) is 2. The first-order valence-corrected chi connectivity index (χ1v) is 8.19. The first kappa shape index (κ1) is 19.7. The summed E-state index contributed by atoms with van der Waals surface area (Å²) in [7, 11) is 3.50. The van der Waals surface area contributed by atoms with E-state index in [1.165, 1.54) is 24.8 Å². The minimum Gasteiger partial charge on any atom is -0.383 e. The van der Waals surface area contributed by atoms with Gasteiger partial charge in [-0.05, 0) is 30.5 Å². The largest absolute Gasteiger partial charge is 0.383 e. The molecular weight excluding hydrogens is 457 g/mol. The summed E-state index contributed by atoms with van der Waals surface area (Å²) in [5, 5.41) is 6.71. The maximum atomic E-state index is 5.05.